The van der Waals surface area contributed by atoms with Gasteiger partial charge >= 0.3 is 0 Å². The van der Waals surface area contributed by atoms with Crippen LogP contribution in [0.15, 0.2) is 12.1 Å². The van der Waals surface area contributed by atoms with Crippen LogP contribution in [0.3, 0.4) is 0 Å². The lowest BCUT2D eigenvalue weighted by atomic mass is 10.2. The van der Waals surface area contributed by atoms with Gasteiger partial charge in [0, 0.05) is 43.1 Å². The lowest BCUT2D eigenvalue weighted by Gasteiger charge is -2.03. The van der Waals surface area contributed by atoms with Gasteiger partial charge in [-0.1, -0.05) is 0 Å². The largest absolute Gasteiger partial charge is 0.399 e. The van der Waals surface area contributed by atoms with Crippen LogP contribution in [0.4, 0.5) is 5.69 Å². The molecule has 1 aromatic heterocycles. The van der Waals surface area contributed by atoms with E-state index in [0.717, 1.165) is 11.4 Å². The first-order valence-electron chi connectivity index (χ1n) is 4.23. The summed E-state index contributed by atoms with van der Waals surface area (Å²) in [6.07, 6.45) is 1.01. The molecule has 0 aliphatic rings. The number of nitrogens with zero attached hydrogens (tertiary/aromatic N) is 1. The molecule has 4 heteroatoms. The summed E-state index contributed by atoms with van der Waals surface area (Å²) in [6.45, 7) is 0.129. The number of nitrogen functional groups attached to an aromatic ring is 1. The van der Waals surface area contributed by atoms with Crippen molar-refractivity contribution in [3.63, 3.8) is 0 Å². The van der Waals surface area contributed by atoms with Gasteiger partial charge < -0.3 is 15.9 Å². The number of hydrogen-bond acceptors (Lipinski definition) is 4. The molecule has 0 radical (unpaired) electrons. The van der Waals surface area contributed by atoms with Crippen LogP contribution in [0.25, 0.3) is 0 Å². The molecule has 1 rings (SSSR count). The Morgan fingerprint density at radius 1 is 1.08 bits per heavy atom. The normalized spacial score (nSPS) is 10.3. The standard InChI is InChI=1S/C9H14N2O2/c10-7-5-8(1-3-12)11-9(6-7)2-4-13/h5-6,12-13H,1-4H2,(H2,10,11). The maximum Gasteiger partial charge on any atom is 0.0486 e. The third-order valence-corrected chi connectivity index (χ3v) is 1.69. The zero-order valence-electron chi connectivity index (χ0n) is 7.40. The molecule has 0 spiro atoms. The fraction of sp³-hybridized carbons (Fsp3) is 0.444. The van der Waals surface area contributed by atoms with E-state index in [-0.39, 0.29) is 13.2 Å². The molecular formula is C9H14N2O2. The van der Waals surface area contributed by atoms with Crippen LogP contribution in [0.2, 0.25) is 0 Å². The molecule has 0 aliphatic carbocycles. The molecule has 13 heavy (non-hydrogen) atoms. The second-order valence-corrected chi connectivity index (χ2v) is 2.83. The van der Waals surface area contributed by atoms with Crippen molar-refractivity contribution in [2.75, 3.05) is 18.9 Å². The average Bonchev–Trinajstić information content (AvgIpc) is 2.04. The summed E-state index contributed by atoms with van der Waals surface area (Å²) in [5.41, 5.74) is 7.78. The van der Waals surface area contributed by atoms with E-state index in [9.17, 15) is 0 Å². The van der Waals surface area contributed by atoms with Crippen molar-refractivity contribution in [2.45, 2.75) is 12.8 Å². The van der Waals surface area contributed by atoms with Crippen molar-refractivity contribution in [3.8, 4) is 0 Å². The Hall–Kier alpha value is -1.13. The van der Waals surface area contributed by atoms with Crippen molar-refractivity contribution in [3.05, 3.63) is 23.5 Å². The smallest absolute Gasteiger partial charge is 0.0486 e. The highest BCUT2D eigenvalue weighted by Gasteiger charge is 1.99. The van der Waals surface area contributed by atoms with Crippen LogP contribution in [0.1, 0.15) is 11.4 Å². The van der Waals surface area contributed by atoms with Gasteiger partial charge in [0.1, 0.15) is 0 Å². The molecule has 0 fully saturated rings. The van der Waals surface area contributed by atoms with Gasteiger partial charge in [0.2, 0.25) is 0 Å². The second kappa shape index (κ2) is 4.79. The third-order valence-electron chi connectivity index (χ3n) is 1.69. The van der Waals surface area contributed by atoms with Crippen LogP contribution in [-0.2, 0) is 12.8 Å². The summed E-state index contributed by atoms with van der Waals surface area (Å²) in [5, 5.41) is 17.4. The van der Waals surface area contributed by atoms with E-state index in [0.29, 0.717) is 18.5 Å². The quantitative estimate of drug-likeness (QED) is 0.599. The van der Waals surface area contributed by atoms with Crippen LogP contribution < -0.4 is 5.73 Å². The third kappa shape index (κ3) is 3.01. The Morgan fingerprint density at radius 3 is 1.92 bits per heavy atom. The Bertz CT molecular complexity index is 252. The zero-order valence-corrected chi connectivity index (χ0v) is 7.40. The fourth-order valence-electron chi connectivity index (χ4n) is 1.16. The summed E-state index contributed by atoms with van der Waals surface area (Å²) in [6, 6.07) is 3.47. The topological polar surface area (TPSA) is 79.4 Å². The predicted molar refractivity (Wildman–Crippen MR) is 50.2 cm³/mol. The predicted octanol–water partition coefficient (Wildman–Crippen LogP) is -0.267. The summed E-state index contributed by atoms with van der Waals surface area (Å²) in [5.74, 6) is 0. The van der Waals surface area contributed by atoms with Crippen molar-refractivity contribution >= 4 is 5.69 Å². The molecule has 0 aromatic carbocycles. The first kappa shape index (κ1) is 9.95. The number of pyridine rings is 1. The molecule has 4 nitrogen and oxygen atoms in total. The number of aliphatic hydroxyl groups is 2. The number of hydrogen-bond donors (Lipinski definition) is 3. The minimum atomic E-state index is 0.0645. The number of aromatic nitrogens is 1. The number of anilines is 1. The summed E-state index contributed by atoms with van der Waals surface area (Å²) < 4.78 is 0. The summed E-state index contributed by atoms with van der Waals surface area (Å²) in [4.78, 5) is 4.21. The van der Waals surface area contributed by atoms with Gasteiger partial charge in [-0.25, -0.2) is 0 Å². The van der Waals surface area contributed by atoms with E-state index in [1.165, 1.54) is 0 Å². The van der Waals surface area contributed by atoms with Gasteiger partial charge in [0.25, 0.3) is 0 Å². The molecule has 0 unspecified atom stereocenters. The lowest BCUT2D eigenvalue weighted by Crippen LogP contribution is -2.02. The van der Waals surface area contributed by atoms with Crippen LogP contribution in [0, 0.1) is 0 Å². The Labute approximate surface area is 77.0 Å². The van der Waals surface area contributed by atoms with Crippen LogP contribution in [0.5, 0.6) is 0 Å². The van der Waals surface area contributed by atoms with E-state index in [2.05, 4.69) is 4.98 Å². The van der Waals surface area contributed by atoms with Gasteiger partial charge in [0.15, 0.2) is 0 Å². The first-order chi connectivity index (χ1) is 6.26. The van der Waals surface area contributed by atoms with E-state index < -0.39 is 0 Å². The fourth-order valence-corrected chi connectivity index (χ4v) is 1.16. The molecular weight excluding hydrogens is 168 g/mol. The van der Waals surface area contributed by atoms with Gasteiger partial charge in [0.05, 0.1) is 0 Å². The highest BCUT2D eigenvalue weighted by atomic mass is 16.3. The minimum Gasteiger partial charge on any atom is -0.399 e. The van der Waals surface area contributed by atoms with Crippen molar-refractivity contribution < 1.29 is 10.2 Å². The van der Waals surface area contributed by atoms with Crippen molar-refractivity contribution in [1.82, 2.24) is 4.98 Å². The number of aliphatic hydroxyl groups excluding tert-OH is 2. The van der Waals surface area contributed by atoms with Crippen molar-refractivity contribution in [1.29, 1.82) is 0 Å². The number of nitrogens with two attached hydrogens (primary N) is 1. The molecule has 72 valence electrons. The Kier molecular flexibility index (Phi) is 3.67. The molecule has 0 atom stereocenters. The molecule has 4 N–H and O–H groups in total. The van der Waals surface area contributed by atoms with Gasteiger partial charge in [-0.2, -0.15) is 0 Å². The van der Waals surface area contributed by atoms with E-state index in [4.69, 9.17) is 15.9 Å². The Morgan fingerprint density at radius 2 is 1.54 bits per heavy atom. The molecule has 0 bridgehead atoms. The first-order valence-corrected chi connectivity index (χ1v) is 4.23. The lowest BCUT2D eigenvalue weighted by molar-refractivity contribution is 0.295. The molecule has 0 saturated heterocycles. The van der Waals surface area contributed by atoms with Crippen molar-refractivity contribution in [2.24, 2.45) is 0 Å². The monoisotopic (exact) mass is 182 g/mol. The Balaban J connectivity index is 2.83. The van der Waals surface area contributed by atoms with Gasteiger partial charge in [-0.15, -0.1) is 0 Å². The molecule has 0 amide bonds. The van der Waals surface area contributed by atoms with E-state index in [1.807, 2.05) is 0 Å². The SMILES string of the molecule is Nc1cc(CCO)nc(CCO)c1. The maximum absolute atomic E-state index is 8.70. The van der Waals surface area contributed by atoms with Gasteiger partial charge in [-0.3, -0.25) is 4.98 Å². The molecule has 0 saturated carbocycles. The van der Waals surface area contributed by atoms with E-state index in [1.54, 1.807) is 12.1 Å². The highest BCUT2D eigenvalue weighted by Crippen LogP contribution is 2.08. The van der Waals surface area contributed by atoms with Gasteiger partial charge in [-0.05, 0) is 12.1 Å². The van der Waals surface area contributed by atoms with Crippen LogP contribution in [-0.4, -0.2) is 28.4 Å². The molecule has 1 aromatic rings. The number of rotatable bonds is 4. The summed E-state index contributed by atoms with van der Waals surface area (Å²) >= 11 is 0. The maximum atomic E-state index is 8.70. The average molecular weight is 182 g/mol. The second-order valence-electron chi connectivity index (χ2n) is 2.83. The zero-order chi connectivity index (χ0) is 9.68. The minimum absolute atomic E-state index is 0.0645. The molecule has 0 aliphatic heterocycles. The molecule has 1 heterocycles. The summed E-state index contributed by atoms with van der Waals surface area (Å²) in [7, 11) is 0. The highest BCUT2D eigenvalue weighted by molar-refractivity contribution is 5.40. The van der Waals surface area contributed by atoms with E-state index >= 15 is 0 Å². The van der Waals surface area contributed by atoms with Crippen LogP contribution >= 0.6 is 0 Å².